The lowest BCUT2D eigenvalue weighted by Crippen LogP contribution is -2.32. The van der Waals surface area contributed by atoms with Gasteiger partial charge in [-0.3, -0.25) is 9.59 Å². The molecule has 0 aliphatic heterocycles. The Morgan fingerprint density at radius 2 is 2.00 bits per heavy atom. The highest BCUT2D eigenvalue weighted by atomic mass is 79.9. The van der Waals surface area contributed by atoms with Gasteiger partial charge in [0, 0.05) is 21.1 Å². The molecule has 5 nitrogen and oxygen atoms in total. The number of rotatable bonds is 5. The standard InChI is InChI=1S/C17H16BrClN2O3/c1-10-6-14(15(24-2)8-13(10)19)21-16(22)9-20-17(23)11-4-3-5-12(18)7-11/h3-8H,9H2,1-2H3,(H,20,23)(H,21,22). The number of benzene rings is 2. The fourth-order valence-electron chi connectivity index (χ4n) is 2.02. The summed E-state index contributed by atoms with van der Waals surface area (Å²) in [6.45, 7) is 1.67. The molecule has 24 heavy (non-hydrogen) atoms. The van der Waals surface area contributed by atoms with Crippen molar-refractivity contribution >= 4 is 45.0 Å². The fraction of sp³-hybridized carbons (Fsp3) is 0.176. The van der Waals surface area contributed by atoms with E-state index in [9.17, 15) is 9.59 Å². The number of hydrogen-bond acceptors (Lipinski definition) is 3. The molecule has 0 saturated carbocycles. The maximum absolute atomic E-state index is 12.1. The summed E-state index contributed by atoms with van der Waals surface area (Å²) in [6.07, 6.45) is 0. The number of carbonyl (C=O) groups excluding carboxylic acids is 2. The molecule has 0 atom stereocenters. The Morgan fingerprint density at radius 1 is 1.25 bits per heavy atom. The minimum Gasteiger partial charge on any atom is -0.495 e. The van der Waals surface area contributed by atoms with E-state index in [4.69, 9.17) is 16.3 Å². The zero-order valence-corrected chi connectivity index (χ0v) is 15.5. The van der Waals surface area contributed by atoms with E-state index in [2.05, 4.69) is 26.6 Å². The van der Waals surface area contributed by atoms with Crippen LogP contribution in [0.2, 0.25) is 5.02 Å². The number of hydrogen-bond donors (Lipinski definition) is 2. The molecule has 0 aliphatic rings. The van der Waals surface area contributed by atoms with E-state index >= 15 is 0 Å². The van der Waals surface area contributed by atoms with Crippen LogP contribution in [-0.4, -0.2) is 25.5 Å². The van der Waals surface area contributed by atoms with Crippen molar-refractivity contribution in [2.24, 2.45) is 0 Å². The van der Waals surface area contributed by atoms with E-state index in [1.807, 2.05) is 13.0 Å². The minimum atomic E-state index is -0.363. The van der Waals surface area contributed by atoms with Crippen LogP contribution in [0.25, 0.3) is 0 Å². The van der Waals surface area contributed by atoms with E-state index in [1.165, 1.54) is 7.11 Å². The van der Waals surface area contributed by atoms with Crippen molar-refractivity contribution in [1.29, 1.82) is 0 Å². The van der Waals surface area contributed by atoms with E-state index < -0.39 is 0 Å². The van der Waals surface area contributed by atoms with E-state index in [0.29, 0.717) is 22.0 Å². The van der Waals surface area contributed by atoms with Crippen LogP contribution in [0.3, 0.4) is 0 Å². The van der Waals surface area contributed by atoms with Crippen LogP contribution in [0.5, 0.6) is 5.75 Å². The van der Waals surface area contributed by atoms with Gasteiger partial charge in [0.15, 0.2) is 0 Å². The Balaban J connectivity index is 1.99. The summed E-state index contributed by atoms with van der Waals surface area (Å²) < 4.78 is 5.99. The molecule has 0 saturated heterocycles. The van der Waals surface area contributed by atoms with Crippen molar-refractivity contribution in [2.45, 2.75) is 6.92 Å². The minimum absolute atomic E-state index is 0.157. The van der Waals surface area contributed by atoms with Gasteiger partial charge in [-0.25, -0.2) is 0 Å². The van der Waals surface area contributed by atoms with Crippen molar-refractivity contribution in [1.82, 2.24) is 5.32 Å². The molecule has 2 amide bonds. The Kier molecular flexibility index (Phi) is 6.23. The average Bonchev–Trinajstić information content (AvgIpc) is 2.55. The van der Waals surface area contributed by atoms with Gasteiger partial charge in [-0.05, 0) is 36.8 Å². The van der Waals surface area contributed by atoms with Crippen LogP contribution < -0.4 is 15.4 Å². The average molecular weight is 412 g/mol. The van der Waals surface area contributed by atoms with Crippen molar-refractivity contribution in [2.75, 3.05) is 19.0 Å². The van der Waals surface area contributed by atoms with Gasteiger partial charge in [-0.2, -0.15) is 0 Å². The Bertz CT molecular complexity index is 780. The third kappa shape index (κ3) is 4.72. The molecule has 0 bridgehead atoms. The van der Waals surface area contributed by atoms with Crippen molar-refractivity contribution in [3.05, 3.63) is 57.0 Å². The van der Waals surface area contributed by atoms with E-state index in [0.717, 1.165) is 10.0 Å². The summed E-state index contributed by atoms with van der Waals surface area (Å²) in [5, 5.41) is 5.82. The summed E-state index contributed by atoms with van der Waals surface area (Å²) in [5.74, 6) is -0.235. The van der Waals surface area contributed by atoms with Gasteiger partial charge in [-0.15, -0.1) is 0 Å². The van der Waals surface area contributed by atoms with Crippen LogP contribution in [0.15, 0.2) is 40.9 Å². The van der Waals surface area contributed by atoms with Crippen molar-refractivity contribution in [3.8, 4) is 5.75 Å². The molecule has 2 N–H and O–H groups in total. The summed E-state index contributed by atoms with van der Waals surface area (Å²) in [5.41, 5.74) is 1.78. The molecule has 2 aromatic carbocycles. The molecule has 2 rings (SSSR count). The largest absolute Gasteiger partial charge is 0.495 e. The van der Waals surface area contributed by atoms with Gasteiger partial charge in [-0.1, -0.05) is 33.6 Å². The summed E-state index contributed by atoms with van der Waals surface area (Å²) >= 11 is 9.33. The first-order valence-corrected chi connectivity index (χ1v) is 8.25. The predicted octanol–water partition coefficient (Wildman–Crippen LogP) is 3.79. The molecule has 0 heterocycles. The molecule has 126 valence electrons. The van der Waals surface area contributed by atoms with E-state index in [1.54, 1.807) is 30.3 Å². The lowest BCUT2D eigenvalue weighted by atomic mass is 10.2. The van der Waals surface area contributed by atoms with Crippen molar-refractivity contribution in [3.63, 3.8) is 0 Å². The number of carbonyl (C=O) groups is 2. The van der Waals surface area contributed by atoms with Gasteiger partial charge in [0.1, 0.15) is 5.75 Å². The maximum atomic E-state index is 12.1. The second-order valence-corrected chi connectivity index (χ2v) is 6.37. The first-order valence-electron chi connectivity index (χ1n) is 7.08. The summed E-state index contributed by atoms with van der Waals surface area (Å²) in [7, 11) is 1.49. The molecule has 0 radical (unpaired) electrons. The number of ether oxygens (including phenoxy) is 1. The number of methoxy groups -OCH3 is 1. The van der Waals surface area contributed by atoms with Crippen LogP contribution in [0, 0.1) is 6.92 Å². The van der Waals surface area contributed by atoms with Crippen LogP contribution in [0.1, 0.15) is 15.9 Å². The number of nitrogens with one attached hydrogen (secondary N) is 2. The van der Waals surface area contributed by atoms with Gasteiger partial charge >= 0.3 is 0 Å². The van der Waals surface area contributed by atoms with Crippen LogP contribution in [0.4, 0.5) is 5.69 Å². The Hall–Kier alpha value is -2.05. The SMILES string of the molecule is COc1cc(Cl)c(C)cc1NC(=O)CNC(=O)c1cccc(Br)c1. The maximum Gasteiger partial charge on any atom is 0.251 e. The van der Waals surface area contributed by atoms with Crippen LogP contribution in [-0.2, 0) is 4.79 Å². The summed E-state index contributed by atoms with van der Waals surface area (Å²) in [4.78, 5) is 24.1. The van der Waals surface area contributed by atoms with Gasteiger partial charge < -0.3 is 15.4 Å². The molecule has 0 unspecified atom stereocenters. The molecule has 0 spiro atoms. The Morgan fingerprint density at radius 3 is 2.67 bits per heavy atom. The second kappa shape index (κ2) is 8.17. The van der Waals surface area contributed by atoms with Gasteiger partial charge in [0.25, 0.3) is 5.91 Å². The van der Waals surface area contributed by atoms with Gasteiger partial charge in [0.2, 0.25) is 5.91 Å². The first kappa shape index (κ1) is 18.3. The first-order chi connectivity index (χ1) is 11.4. The second-order valence-electron chi connectivity index (χ2n) is 5.04. The molecule has 0 fully saturated rings. The number of halogens is 2. The van der Waals surface area contributed by atoms with E-state index in [-0.39, 0.29) is 18.4 Å². The normalized spacial score (nSPS) is 10.2. The molecule has 0 aromatic heterocycles. The summed E-state index contributed by atoms with van der Waals surface area (Å²) in [6, 6.07) is 10.3. The monoisotopic (exact) mass is 410 g/mol. The molecule has 7 heteroatoms. The number of amides is 2. The van der Waals surface area contributed by atoms with Crippen molar-refractivity contribution < 1.29 is 14.3 Å². The topological polar surface area (TPSA) is 67.4 Å². The third-order valence-corrected chi connectivity index (χ3v) is 4.15. The smallest absolute Gasteiger partial charge is 0.251 e. The molecular weight excluding hydrogens is 396 g/mol. The lowest BCUT2D eigenvalue weighted by Gasteiger charge is -2.12. The lowest BCUT2D eigenvalue weighted by molar-refractivity contribution is -0.115. The highest BCUT2D eigenvalue weighted by Crippen LogP contribution is 2.30. The zero-order valence-electron chi connectivity index (χ0n) is 13.2. The van der Waals surface area contributed by atoms with Gasteiger partial charge in [0.05, 0.1) is 19.3 Å². The number of anilines is 1. The van der Waals surface area contributed by atoms with Crippen LogP contribution >= 0.6 is 27.5 Å². The molecule has 2 aromatic rings. The molecular formula is C17H16BrClN2O3. The fourth-order valence-corrected chi connectivity index (χ4v) is 2.57. The quantitative estimate of drug-likeness (QED) is 0.786. The zero-order chi connectivity index (χ0) is 17.7. The highest BCUT2D eigenvalue weighted by molar-refractivity contribution is 9.10. The molecule has 0 aliphatic carbocycles. The Labute approximate surface area is 153 Å². The highest BCUT2D eigenvalue weighted by Gasteiger charge is 2.12. The predicted molar refractivity (Wildman–Crippen MR) is 97.8 cm³/mol. The number of aryl methyl sites for hydroxylation is 1. The third-order valence-electron chi connectivity index (χ3n) is 3.25.